The highest BCUT2D eigenvalue weighted by molar-refractivity contribution is 7.19. The third-order valence-corrected chi connectivity index (χ3v) is 7.63. The van der Waals surface area contributed by atoms with Crippen LogP contribution in [0.2, 0.25) is 37.1 Å². The van der Waals surface area contributed by atoms with Crippen LogP contribution in [0.3, 0.4) is 0 Å². The highest BCUT2D eigenvalue weighted by Gasteiger charge is 2.35. The lowest BCUT2D eigenvalue weighted by Gasteiger charge is -2.36. The fourth-order valence-electron chi connectivity index (χ4n) is 4.49. The van der Waals surface area contributed by atoms with Crippen LogP contribution in [0.4, 0.5) is 0 Å². The molecule has 0 radical (unpaired) electrons. The number of rotatable bonds is 5. The van der Waals surface area contributed by atoms with Crippen molar-refractivity contribution in [3.63, 3.8) is 0 Å². The molecule has 2 saturated carbocycles. The van der Waals surface area contributed by atoms with Crippen LogP contribution in [0.15, 0.2) is 0 Å². The van der Waals surface area contributed by atoms with Crippen LogP contribution < -0.4 is 0 Å². The lowest BCUT2D eigenvalue weighted by Crippen LogP contribution is -2.32. The lowest BCUT2D eigenvalue weighted by molar-refractivity contribution is 0.460. The quantitative estimate of drug-likeness (QED) is 0.396. The number of hydrogen-bond acceptors (Lipinski definition) is 0. The molecule has 0 heterocycles. The van der Waals surface area contributed by atoms with Crippen LogP contribution in [-0.2, 0) is 0 Å². The van der Waals surface area contributed by atoms with E-state index in [1.54, 1.807) is 0 Å². The Kier molecular flexibility index (Phi) is 6.33. The molecule has 0 aromatic rings. The Morgan fingerprint density at radius 1 is 0.842 bits per heavy atom. The zero-order chi connectivity index (χ0) is 13.7. The summed E-state index contributed by atoms with van der Waals surface area (Å²) in [6, 6.07) is 1.34. The van der Waals surface area contributed by atoms with Crippen molar-refractivity contribution in [1.82, 2.24) is 0 Å². The smallest absolute Gasteiger partial charge is 0.149 e. The largest absolute Gasteiger partial charge is 0.168 e. The monoisotopic (exact) mass is 298 g/mol. The molecule has 2 aliphatic rings. The molecule has 0 aromatic heterocycles. The Balaban J connectivity index is 1.94. The van der Waals surface area contributed by atoms with Crippen LogP contribution in [0.1, 0.15) is 64.2 Å². The Bertz CT molecular complexity index is 234. The van der Waals surface area contributed by atoms with E-state index in [1.807, 2.05) is 0 Å². The number of hydrogen-bond donors (Lipinski definition) is 0. The van der Waals surface area contributed by atoms with Gasteiger partial charge in [0.1, 0.15) is 14.1 Å². The van der Waals surface area contributed by atoms with Gasteiger partial charge in [-0.15, -0.1) is 0 Å². The predicted molar refractivity (Wildman–Crippen MR) is 92.4 cm³/mol. The second-order valence-electron chi connectivity index (χ2n) is 7.72. The van der Waals surface area contributed by atoms with Gasteiger partial charge in [0.2, 0.25) is 0 Å². The normalized spacial score (nSPS) is 23.5. The third kappa shape index (κ3) is 5.46. The topological polar surface area (TPSA) is 0 Å². The summed E-state index contributed by atoms with van der Waals surface area (Å²) < 4.78 is 0. The molecule has 0 N–H and O–H groups in total. The highest BCUT2D eigenvalue weighted by atomic mass is 35.6. The van der Waals surface area contributed by atoms with Gasteiger partial charge in [-0.3, -0.25) is 0 Å². The minimum absolute atomic E-state index is 1.02. The standard InChI is InChI=1S/C16H32BClSi/c1-19(2,18)14-13-17(15-9-5-3-6-10-15)16-11-7-4-8-12-16/h15-16H,3-14H2,1-2H3. The van der Waals surface area contributed by atoms with Crippen molar-refractivity contribution in [1.29, 1.82) is 0 Å². The van der Waals surface area contributed by atoms with Crippen molar-refractivity contribution >= 4 is 25.2 Å². The second-order valence-corrected chi connectivity index (χ2v) is 14.7. The molecule has 0 amide bonds. The molecule has 19 heavy (non-hydrogen) atoms. The molecule has 110 valence electrons. The Labute approximate surface area is 126 Å². The van der Waals surface area contributed by atoms with Gasteiger partial charge in [0, 0.05) is 0 Å². The van der Waals surface area contributed by atoms with E-state index >= 15 is 0 Å². The maximum absolute atomic E-state index is 6.59. The van der Waals surface area contributed by atoms with Crippen molar-refractivity contribution in [3.8, 4) is 0 Å². The van der Waals surface area contributed by atoms with Crippen LogP contribution in [0, 0.1) is 0 Å². The predicted octanol–water partition coefficient (Wildman–Crippen LogP) is 6.59. The molecule has 0 spiro atoms. The highest BCUT2D eigenvalue weighted by Crippen LogP contribution is 2.44. The van der Waals surface area contributed by atoms with Crippen molar-refractivity contribution in [2.75, 3.05) is 0 Å². The van der Waals surface area contributed by atoms with Gasteiger partial charge in [0.05, 0.1) is 0 Å². The van der Waals surface area contributed by atoms with E-state index in [2.05, 4.69) is 13.1 Å². The van der Waals surface area contributed by atoms with E-state index in [4.69, 9.17) is 11.1 Å². The lowest BCUT2D eigenvalue weighted by atomic mass is 9.29. The van der Waals surface area contributed by atoms with Crippen LogP contribution in [0.25, 0.3) is 0 Å². The first-order chi connectivity index (χ1) is 9.06. The summed E-state index contributed by atoms with van der Waals surface area (Å²) in [5, 5.41) is 0. The Hall–Kier alpha value is 0.572. The first-order valence-corrected chi connectivity index (χ1v) is 13.0. The molecule has 2 rings (SSSR count). The minimum Gasteiger partial charge on any atom is -0.168 e. The molecule has 0 aliphatic heterocycles. The summed E-state index contributed by atoms with van der Waals surface area (Å²) in [5.74, 6) is 2.09. The van der Waals surface area contributed by atoms with Gasteiger partial charge in [0.25, 0.3) is 0 Å². The molecule has 0 saturated heterocycles. The van der Waals surface area contributed by atoms with Crippen LogP contribution in [0.5, 0.6) is 0 Å². The van der Waals surface area contributed by atoms with Gasteiger partial charge in [-0.25, -0.2) is 0 Å². The van der Waals surface area contributed by atoms with E-state index < -0.39 is 7.38 Å². The van der Waals surface area contributed by atoms with Crippen molar-refractivity contribution in [2.45, 2.75) is 101 Å². The fourth-order valence-corrected chi connectivity index (χ4v) is 5.84. The summed E-state index contributed by atoms with van der Waals surface area (Å²) in [6.45, 7) is 5.67. The van der Waals surface area contributed by atoms with Gasteiger partial charge >= 0.3 is 0 Å². The van der Waals surface area contributed by atoms with Gasteiger partial charge in [-0.2, -0.15) is 11.1 Å². The molecular weight excluding hydrogens is 267 g/mol. The molecule has 0 aromatic carbocycles. The molecular formula is C16H32BClSi. The van der Waals surface area contributed by atoms with Crippen molar-refractivity contribution < 1.29 is 0 Å². The maximum atomic E-state index is 6.59. The zero-order valence-electron chi connectivity index (χ0n) is 13.1. The fraction of sp³-hybridized carbons (Fsp3) is 1.00. The molecule has 0 unspecified atom stereocenters. The summed E-state index contributed by atoms with van der Waals surface area (Å²) in [7, 11) is -1.37. The van der Waals surface area contributed by atoms with E-state index in [0.717, 1.165) is 18.3 Å². The first-order valence-electron chi connectivity index (χ1n) is 8.75. The second kappa shape index (κ2) is 7.54. The van der Waals surface area contributed by atoms with Crippen LogP contribution >= 0.6 is 11.1 Å². The van der Waals surface area contributed by atoms with E-state index in [1.165, 1.54) is 76.6 Å². The molecule has 0 bridgehead atoms. The molecule has 0 atom stereocenters. The van der Waals surface area contributed by atoms with Gasteiger partial charge in [0.15, 0.2) is 0 Å². The van der Waals surface area contributed by atoms with E-state index in [9.17, 15) is 0 Å². The SMILES string of the molecule is C[Si](C)(Cl)CCB(C1CCCCC1)C1CCCCC1. The molecule has 3 heteroatoms. The summed E-state index contributed by atoms with van der Waals surface area (Å²) in [6.07, 6.45) is 16.5. The average Bonchev–Trinajstić information content (AvgIpc) is 2.40. The summed E-state index contributed by atoms with van der Waals surface area (Å²) in [4.78, 5) is 0. The van der Waals surface area contributed by atoms with Crippen LogP contribution in [-0.4, -0.2) is 14.1 Å². The number of halogens is 1. The maximum Gasteiger partial charge on any atom is 0.149 e. The molecule has 2 aliphatic carbocycles. The van der Waals surface area contributed by atoms with Gasteiger partial charge < -0.3 is 0 Å². The molecule has 0 nitrogen and oxygen atoms in total. The zero-order valence-corrected chi connectivity index (χ0v) is 14.9. The van der Waals surface area contributed by atoms with Gasteiger partial charge in [-0.1, -0.05) is 101 Å². The van der Waals surface area contributed by atoms with E-state index in [-0.39, 0.29) is 0 Å². The summed E-state index contributed by atoms with van der Waals surface area (Å²) >= 11 is 6.59. The minimum atomic E-state index is -1.37. The van der Waals surface area contributed by atoms with Crippen molar-refractivity contribution in [2.24, 2.45) is 0 Å². The summed E-state index contributed by atoms with van der Waals surface area (Å²) in [5.41, 5.74) is 0. The van der Waals surface area contributed by atoms with Gasteiger partial charge in [-0.05, 0) is 0 Å². The third-order valence-electron chi connectivity index (χ3n) is 5.58. The van der Waals surface area contributed by atoms with Crippen molar-refractivity contribution in [3.05, 3.63) is 0 Å². The average molecular weight is 299 g/mol. The molecule has 2 fully saturated rings. The Morgan fingerprint density at radius 3 is 1.63 bits per heavy atom. The van der Waals surface area contributed by atoms with E-state index in [0.29, 0.717) is 0 Å². The Morgan fingerprint density at radius 2 is 1.26 bits per heavy atom. The first kappa shape index (κ1) is 16.0.